The summed E-state index contributed by atoms with van der Waals surface area (Å²) in [6, 6.07) is -0.555. The normalized spacial score (nSPS) is 17.1. The third kappa shape index (κ3) is 6.70. The second-order valence-corrected chi connectivity index (χ2v) is 6.09. The van der Waals surface area contributed by atoms with Gasteiger partial charge in [-0.3, -0.25) is 4.72 Å². The van der Waals surface area contributed by atoms with Crippen molar-refractivity contribution < 1.29 is 19.1 Å². The van der Waals surface area contributed by atoms with E-state index in [-0.39, 0.29) is 0 Å². The molecule has 2 N–H and O–H groups in total. The standard InChI is InChI=1S/C11H20N2O4S/c1-11(2,3)17-10(15)12-9(14)13-18-8-4-6-16-7-5-8/h8H,4-7H2,1-3H3,(H2,12,13,14,15). The average Bonchev–Trinajstić information content (AvgIpc) is 2.25. The molecule has 3 amide bonds. The molecule has 1 saturated heterocycles. The molecule has 0 atom stereocenters. The van der Waals surface area contributed by atoms with Gasteiger partial charge in [-0.1, -0.05) is 0 Å². The van der Waals surface area contributed by atoms with Gasteiger partial charge in [0.1, 0.15) is 5.60 Å². The van der Waals surface area contributed by atoms with Crippen molar-refractivity contribution in [2.24, 2.45) is 0 Å². The lowest BCUT2D eigenvalue weighted by Crippen LogP contribution is -2.40. The van der Waals surface area contributed by atoms with Crippen LogP contribution >= 0.6 is 11.9 Å². The number of carbonyl (C=O) groups excluding carboxylic acids is 2. The number of alkyl carbamates (subject to hydrolysis) is 1. The van der Waals surface area contributed by atoms with E-state index in [0.717, 1.165) is 12.8 Å². The zero-order valence-corrected chi connectivity index (χ0v) is 11.8. The van der Waals surface area contributed by atoms with Crippen LogP contribution in [-0.4, -0.2) is 36.2 Å². The van der Waals surface area contributed by atoms with E-state index in [9.17, 15) is 9.59 Å². The molecule has 6 nitrogen and oxygen atoms in total. The lowest BCUT2D eigenvalue weighted by Gasteiger charge is -2.22. The molecule has 0 bridgehead atoms. The second-order valence-electron chi connectivity index (χ2n) is 4.99. The zero-order chi connectivity index (χ0) is 13.6. The first-order valence-electron chi connectivity index (χ1n) is 5.90. The Morgan fingerprint density at radius 1 is 1.28 bits per heavy atom. The minimum absolute atomic E-state index is 0.336. The topological polar surface area (TPSA) is 76.7 Å². The number of rotatable bonds is 2. The van der Waals surface area contributed by atoms with Gasteiger partial charge in [0, 0.05) is 18.5 Å². The summed E-state index contributed by atoms with van der Waals surface area (Å²) in [4.78, 5) is 22.7. The van der Waals surface area contributed by atoms with Gasteiger partial charge in [0.05, 0.1) is 0 Å². The highest BCUT2D eigenvalue weighted by molar-refractivity contribution is 7.98. The van der Waals surface area contributed by atoms with Crippen LogP contribution in [-0.2, 0) is 9.47 Å². The molecule has 1 heterocycles. The van der Waals surface area contributed by atoms with E-state index in [4.69, 9.17) is 9.47 Å². The Hall–Kier alpha value is -0.950. The number of ether oxygens (including phenoxy) is 2. The fourth-order valence-electron chi connectivity index (χ4n) is 1.35. The van der Waals surface area contributed by atoms with Crippen LogP contribution in [0.2, 0.25) is 0 Å². The first kappa shape index (κ1) is 15.1. The first-order chi connectivity index (χ1) is 8.37. The van der Waals surface area contributed by atoms with Crippen LogP contribution in [0.15, 0.2) is 0 Å². The minimum atomic E-state index is -0.743. The molecular weight excluding hydrogens is 256 g/mol. The van der Waals surface area contributed by atoms with Crippen LogP contribution in [0.4, 0.5) is 9.59 Å². The van der Waals surface area contributed by atoms with E-state index in [2.05, 4.69) is 10.0 Å². The summed E-state index contributed by atoms with van der Waals surface area (Å²) in [5.41, 5.74) is -0.613. The van der Waals surface area contributed by atoms with Gasteiger partial charge in [0.15, 0.2) is 0 Å². The van der Waals surface area contributed by atoms with Gasteiger partial charge in [-0.2, -0.15) is 0 Å². The number of amides is 3. The molecule has 0 aromatic carbocycles. The Morgan fingerprint density at radius 3 is 2.44 bits per heavy atom. The fraction of sp³-hybridized carbons (Fsp3) is 0.818. The molecule has 0 unspecified atom stereocenters. The van der Waals surface area contributed by atoms with Crippen molar-refractivity contribution in [2.75, 3.05) is 13.2 Å². The van der Waals surface area contributed by atoms with Crippen molar-refractivity contribution in [2.45, 2.75) is 44.5 Å². The second kappa shape index (κ2) is 6.84. The highest BCUT2D eigenvalue weighted by Crippen LogP contribution is 2.18. The number of hydrogen-bond acceptors (Lipinski definition) is 5. The fourth-order valence-corrected chi connectivity index (χ4v) is 2.11. The summed E-state index contributed by atoms with van der Waals surface area (Å²) >= 11 is 1.32. The molecule has 0 aromatic rings. The van der Waals surface area contributed by atoms with Crippen molar-refractivity contribution in [3.8, 4) is 0 Å². The summed E-state index contributed by atoms with van der Waals surface area (Å²) in [6.45, 7) is 6.64. The Labute approximate surface area is 111 Å². The van der Waals surface area contributed by atoms with Crippen molar-refractivity contribution >= 4 is 24.1 Å². The summed E-state index contributed by atoms with van der Waals surface area (Å²) in [7, 11) is 0. The van der Waals surface area contributed by atoms with Crippen molar-refractivity contribution in [3.63, 3.8) is 0 Å². The molecule has 18 heavy (non-hydrogen) atoms. The van der Waals surface area contributed by atoms with E-state index in [1.165, 1.54) is 11.9 Å². The molecule has 7 heteroatoms. The summed E-state index contributed by atoms with van der Waals surface area (Å²) in [6.07, 6.45) is 1.06. The quantitative estimate of drug-likeness (QED) is 0.755. The van der Waals surface area contributed by atoms with Crippen molar-refractivity contribution in [1.82, 2.24) is 10.0 Å². The van der Waals surface area contributed by atoms with Gasteiger partial charge in [-0.05, 0) is 45.6 Å². The summed E-state index contributed by atoms with van der Waals surface area (Å²) in [5.74, 6) is 0. The maximum absolute atomic E-state index is 11.4. The Kier molecular flexibility index (Phi) is 5.74. The number of carbonyl (C=O) groups is 2. The lowest BCUT2D eigenvalue weighted by molar-refractivity contribution is 0.0549. The molecule has 1 aliphatic rings. The van der Waals surface area contributed by atoms with Crippen LogP contribution in [0.5, 0.6) is 0 Å². The van der Waals surface area contributed by atoms with Gasteiger partial charge in [-0.25, -0.2) is 14.9 Å². The number of urea groups is 1. The van der Waals surface area contributed by atoms with Crippen LogP contribution < -0.4 is 10.0 Å². The van der Waals surface area contributed by atoms with Crippen molar-refractivity contribution in [1.29, 1.82) is 0 Å². The first-order valence-corrected chi connectivity index (χ1v) is 6.78. The third-order valence-electron chi connectivity index (χ3n) is 2.10. The highest BCUT2D eigenvalue weighted by Gasteiger charge is 2.19. The molecular formula is C11H20N2O4S. The maximum Gasteiger partial charge on any atom is 0.415 e. The molecule has 0 spiro atoms. The average molecular weight is 276 g/mol. The lowest BCUT2D eigenvalue weighted by atomic mass is 10.2. The SMILES string of the molecule is CC(C)(C)OC(=O)NC(=O)NSC1CCOCC1. The Balaban J connectivity index is 2.18. The number of imide groups is 1. The predicted molar refractivity (Wildman–Crippen MR) is 69.3 cm³/mol. The van der Waals surface area contributed by atoms with Gasteiger partial charge in [0.25, 0.3) is 0 Å². The maximum atomic E-state index is 11.4. The van der Waals surface area contributed by atoms with Crippen LogP contribution in [0, 0.1) is 0 Å². The predicted octanol–water partition coefficient (Wildman–Crippen LogP) is 2.05. The molecule has 1 aliphatic heterocycles. The largest absolute Gasteiger partial charge is 0.443 e. The Morgan fingerprint density at radius 2 is 1.89 bits per heavy atom. The number of hydrogen-bond donors (Lipinski definition) is 2. The van der Waals surface area contributed by atoms with Gasteiger partial charge < -0.3 is 9.47 Å². The Bertz CT molecular complexity index is 298. The van der Waals surface area contributed by atoms with E-state index in [1.807, 2.05) is 0 Å². The highest BCUT2D eigenvalue weighted by atomic mass is 32.2. The van der Waals surface area contributed by atoms with E-state index < -0.39 is 17.7 Å². The monoisotopic (exact) mass is 276 g/mol. The molecule has 0 saturated carbocycles. The summed E-state index contributed by atoms with van der Waals surface area (Å²) < 4.78 is 12.7. The third-order valence-corrected chi connectivity index (χ3v) is 3.21. The smallest absolute Gasteiger partial charge is 0.415 e. The zero-order valence-electron chi connectivity index (χ0n) is 10.9. The minimum Gasteiger partial charge on any atom is -0.443 e. The molecule has 0 aliphatic carbocycles. The molecule has 1 rings (SSSR count). The van der Waals surface area contributed by atoms with Crippen molar-refractivity contribution in [3.05, 3.63) is 0 Å². The van der Waals surface area contributed by atoms with Gasteiger partial charge >= 0.3 is 12.1 Å². The summed E-state index contributed by atoms with van der Waals surface area (Å²) in [5, 5.41) is 2.45. The van der Waals surface area contributed by atoms with E-state index in [1.54, 1.807) is 20.8 Å². The number of nitrogens with one attached hydrogen (secondary N) is 2. The molecule has 0 radical (unpaired) electrons. The molecule has 104 valence electrons. The van der Waals surface area contributed by atoms with Crippen LogP contribution in [0.1, 0.15) is 33.6 Å². The van der Waals surface area contributed by atoms with Gasteiger partial charge in [0.2, 0.25) is 0 Å². The van der Waals surface area contributed by atoms with E-state index in [0.29, 0.717) is 18.5 Å². The van der Waals surface area contributed by atoms with Gasteiger partial charge in [-0.15, -0.1) is 0 Å². The van der Waals surface area contributed by atoms with Crippen LogP contribution in [0.3, 0.4) is 0 Å². The molecule has 1 fully saturated rings. The molecule has 0 aromatic heterocycles. The van der Waals surface area contributed by atoms with Crippen LogP contribution in [0.25, 0.3) is 0 Å². The van der Waals surface area contributed by atoms with E-state index >= 15 is 0 Å².